The minimum atomic E-state index is 0.695. The second-order valence-electron chi connectivity index (χ2n) is 4.56. The Hall–Kier alpha value is -2.48. The fourth-order valence-electron chi connectivity index (χ4n) is 2.33. The maximum Gasteiger partial charge on any atom is 0.150 e. The largest absolute Gasteiger partial charge is 0.298 e. The summed E-state index contributed by atoms with van der Waals surface area (Å²) in [6.45, 7) is 2.05. The summed E-state index contributed by atoms with van der Waals surface area (Å²) in [5.74, 6) is 0. The van der Waals surface area contributed by atoms with Crippen LogP contribution in [0.25, 0.3) is 22.0 Å². The molecule has 0 radical (unpaired) electrons. The summed E-state index contributed by atoms with van der Waals surface area (Å²) in [5.41, 5.74) is 3.86. The quantitative estimate of drug-likeness (QED) is 0.640. The Labute approximate surface area is 111 Å². The predicted molar refractivity (Wildman–Crippen MR) is 77.3 cm³/mol. The normalized spacial score (nSPS) is 10.6. The summed E-state index contributed by atoms with van der Waals surface area (Å²) in [6.07, 6.45) is 2.74. The third kappa shape index (κ3) is 2.02. The summed E-state index contributed by atoms with van der Waals surface area (Å²) in [4.78, 5) is 15.4. The van der Waals surface area contributed by atoms with Gasteiger partial charge in [-0.1, -0.05) is 42.5 Å². The smallest absolute Gasteiger partial charge is 0.150 e. The van der Waals surface area contributed by atoms with Crippen LogP contribution in [0.5, 0.6) is 0 Å². The Bertz CT molecular complexity index is 748. The zero-order chi connectivity index (χ0) is 13.2. The van der Waals surface area contributed by atoms with Gasteiger partial charge < -0.3 is 0 Å². The van der Waals surface area contributed by atoms with E-state index in [-0.39, 0.29) is 0 Å². The Morgan fingerprint density at radius 1 is 1.05 bits per heavy atom. The topological polar surface area (TPSA) is 30.0 Å². The number of nitrogens with zero attached hydrogens (tertiary/aromatic N) is 1. The molecule has 1 aromatic heterocycles. The second-order valence-corrected chi connectivity index (χ2v) is 4.56. The van der Waals surface area contributed by atoms with Gasteiger partial charge in [-0.15, -0.1) is 0 Å². The van der Waals surface area contributed by atoms with E-state index in [0.29, 0.717) is 5.56 Å². The number of rotatable bonds is 2. The zero-order valence-electron chi connectivity index (χ0n) is 10.6. The first-order valence-corrected chi connectivity index (χ1v) is 6.19. The van der Waals surface area contributed by atoms with Crippen molar-refractivity contribution in [2.75, 3.05) is 0 Å². The number of aryl methyl sites for hydroxylation is 1. The standard InChI is InChI=1S/C17H13NO/c1-12-16-9-13(11-19)7-8-15(16)10-18-17(12)14-5-3-2-4-6-14/h2-11H,1H3. The van der Waals surface area contributed by atoms with E-state index in [0.717, 1.165) is 33.9 Å². The number of pyridine rings is 1. The van der Waals surface area contributed by atoms with Crippen LogP contribution in [0.1, 0.15) is 15.9 Å². The number of carbonyl (C=O) groups excluding carboxylic acids is 1. The number of hydrogen-bond donors (Lipinski definition) is 0. The van der Waals surface area contributed by atoms with E-state index in [1.54, 1.807) is 0 Å². The Morgan fingerprint density at radius 3 is 2.58 bits per heavy atom. The molecule has 0 aliphatic heterocycles. The van der Waals surface area contributed by atoms with Gasteiger partial charge in [0.25, 0.3) is 0 Å². The molecule has 0 atom stereocenters. The van der Waals surface area contributed by atoms with Gasteiger partial charge in [-0.3, -0.25) is 9.78 Å². The number of aromatic nitrogens is 1. The Morgan fingerprint density at radius 2 is 1.84 bits per heavy atom. The summed E-state index contributed by atoms with van der Waals surface area (Å²) in [7, 11) is 0. The lowest BCUT2D eigenvalue weighted by Gasteiger charge is -2.09. The molecule has 0 unspecified atom stereocenters. The average molecular weight is 247 g/mol. The molecule has 0 bridgehead atoms. The van der Waals surface area contributed by atoms with Gasteiger partial charge >= 0.3 is 0 Å². The fourth-order valence-corrected chi connectivity index (χ4v) is 2.33. The lowest BCUT2D eigenvalue weighted by atomic mass is 10.00. The van der Waals surface area contributed by atoms with E-state index in [1.807, 2.05) is 61.7 Å². The summed E-state index contributed by atoms with van der Waals surface area (Å²) in [5, 5.41) is 2.14. The minimum absolute atomic E-state index is 0.695. The highest BCUT2D eigenvalue weighted by molar-refractivity contribution is 5.93. The maximum atomic E-state index is 10.9. The molecule has 0 aliphatic rings. The van der Waals surface area contributed by atoms with E-state index in [9.17, 15) is 4.79 Å². The molecule has 3 rings (SSSR count). The van der Waals surface area contributed by atoms with Crippen molar-refractivity contribution in [2.24, 2.45) is 0 Å². The molecule has 0 spiro atoms. The highest BCUT2D eigenvalue weighted by Crippen LogP contribution is 2.27. The van der Waals surface area contributed by atoms with Crippen LogP contribution in [0.2, 0.25) is 0 Å². The van der Waals surface area contributed by atoms with Gasteiger partial charge in [0.1, 0.15) is 6.29 Å². The predicted octanol–water partition coefficient (Wildman–Crippen LogP) is 4.02. The molecule has 2 aromatic carbocycles. The summed E-state index contributed by atoms with van der Waals surface area (Å²) >= 11 is 0. The van der Waals surface area contributed by atoms with Crippen molar-refractivity contribution < 1.29 is 4.79 Å². The first-order chi connectivity index (χ1) is 9.29. The number of benzene rings is 2. The molecule has 0 aliphatic carbocycles. The van der Waals surface area contributed by atoms with Crippen LogP contribution in [0.4, 0.5) is 0 Å². The van der Waals surface area contributed by atoms with Crippen molar-refractivity contribution in [1.29, 1.82) is 0 Å². The van der Waals surface area contributed by atoms with E-state index in [4.69, 9.17) is 0 Å². The van der Waals surface area contributed by atoms with E-state index in [1.165, 1.54) is 0 Å². The molecule has 0 N–H and O–H groups in total. The molecule has 19 heavy (non-hydrogen) atoms. The van der Waals surface area contributed by atoms with Crippen LogP contribution in [0, 0.1) is 6.92 Å². The van der Waals surface area contributed by atoms with Gasteiger partial charge in [0.2, 0.25) is 0 Å². The SMILES string of the molecule is Cc1c(-c2ccccc2)ncc2ccc(C=O)cc12. The third-order valence-corrected chi connectivity index (χ3v) is 3.35. The molecule has 2 nitrogen and oxygen atoms in total. The maximum absolute atomic E-state index is 10.9. The van der Waals surface area contributed by atoms with Gasteiger partial charge in [0.15, 0.2) is 0 Å². The molecule has 2 heteroatoms. The van der Waals surface area contributed by atoms with Crippen LogP contribution >= 0.6 is 0 Å². The summed E-state index contributed by atoms with van der Waals surface area (Å²) < 4.78 is 0. The first kappa shape index (κ1) is 11.6. The highest BCUT2D eigenvalue weighted by atomic mass is 16.1. The Kier molecular flexibility index (Phi) is 2.84. The van der Waals surface area contributed by atoms with Crippen molar-refractivity contribution in [3.8, 4) is 11.3 Å². The van der Waals surface area contributed by atoms with Crippen molar-refractivity contribution in [2.45, 2.75) is 6.92 Å². The van der Waals surface area contributed by atoms with Crippen LogP contribution < -0.4 is 0 Å². The van der Waals surface area contributed by atoms with Crippen molar-refractivity contribution >= 4 is 17.1 Å². The fraction of sp³-hybridized carbons (Fsp3) is 0.0588. The van der Waals surface area contributed by atoms with Crippen molar-refractivity contribution in [3.63, 3.8) is 0 Å². The van der Waals surface area contributed by atoms with Gasteiger partial charge in [-0.05, 0) is 23.9 Å². The van der Waals surface area contributed by atoms with Gasteiger partial charge in [-0.25, -0.2) is 0 Å². The van der Waals surface area contributed by atoms with Crippen LogP contribution in [-0.4, -0.2) is 11.3 Å². The van der Waals surface area contributed by atoms with Gasteiger partial charge in [-0.2, -0.15) is 0 Å². The second kappa shape index (κ2) is 4.65. The highest BCUT2D eigenvalue weighted by Gasteiger charge is 2.07. The van der Waals surface area contributed by atoms with Crippen LogP contribution in [0.15, 0.2) is 54.7 Å². The molecule has 0 amide bonds. The van der Waals surface area contributed by atoms with E-state index >= 15 is 0 Å². The van der Waals surface area contributed by atoms with Crippen molar-refractivity contribution in [3.05, 3.63) is 65.9 Å². The van der Waals surface area contributed by atoms with Crippen LogP contribution in [0.3, 0.4) is 0 Å². The van der Waals surface area contributed by atoms with Crippen molar-refractivity contribution in [1.82, 2.24) is 4.98 Å². The molecule has 92 valence electrons. The molecular weight excluding hydrogens is 234 g/mol. The first-order valence-electron chi connectivity index (χ1n) is 6.19. The van der Waals surface area contributed by atoms with E-state index in [2.05, 4.69) is 4.98 Å². The molecular formula is C17H13NO. The monoisotopic (exact) mass is 247 g/mol. The van der Waals surface area contributed by atoms with Gasteiger partial charge in [0, 0.05) is 22.7 Å². The number of carbonyl (C=O) groups is 1. The number of hydrogen-bond acceptors (Lipinski definition) is 2. The average Bonchev–Trinajstić information content (AvgIpc) is 2.48. The Balaban J connectivity index is 2.28. The molecule has 0 saturated carbocycles. The lowest BCUT2D eigenvalue weighted by molar-refractivity contribution is 0.112. The number of fused-ring (bicyclic) bond motifs is 1. The van der Waals surface area contributed by atoms with E-state index < -0.39 is 0 Å². The molecule has 3 aromatic rings. The molecule has 0 fully saturated rings. The van der Waals surface area contributed by atoms with Crippen LogP contribution in [-0.2, 0) is 0 Å². The lowest BCUT2D eigenvalue weighted by Crippen LogP contribution is -1.91. The zero-order valence-corrected chi connectivity index (χ0v) is 10.6. The summed E-state index contributed by atoms with van der Waals surface area (Å²) in [6, 6.07) is 15.8. The molecule has 0 saturated heterocycles. The number of aldehydes is 1. The van der Waals surface area contributed by atoms with Gasteiger partial charge in [0.05, 0.1) is 5.69 Å². The molecule has 1 heterocycles. The third-order valence-electron chi connectivity index (χ3n) is 3.35. The minimum Gasteiger partial charge on any atom is -0.298 e.